The summed E-state index contributed by atoms with van der Waals surface area (Å²) in [5.74, 6) is -4.59. The zero-order chi connectivity index (χ0) is 14.0. The van der Waals surface area contributed by atoms with Gasteiger partial charge in [-0.1, -0.05) is 0 Å². The van der Waals surface area contributed by atoms with Gasteiger partial charge in [0.15, 0.2) is 0 Å². The van der Waals surface area contributed by atoms with Crippen LogP contribution < -0.4 is 5.32 Å². The van der Waals surface area contributed by atoms with Crippen LogP contribution in [0.15, 0.2) is 36.4 Å². The van der Waals surface area contributed by atoms with Crippen molar-refractivity contribution in [3.63, 3.8) is 0 Å². The highest BCUT2D eigenvalue weighted by Gasteiger charge is 2.15. The summed E-state index contributed by atoms with van der Waals surface area (Å²) >= 11 is 0. The minimum absolute atomic E-state index is 0.324. The molecule has 0 saturated carbocycles. The van der Waals surface area contributed by atoms with E-state index in [1.165, 1.54) is 0 Å². The molecule has 19 heavy (non-hydrogen) atoms. The maximum absolute atomic E-state index is 13.3. The summed E-state index contributed by atoms with van der Waals surface area (Å²) in [5, 5.41) is 2.03. The molecule has 2 aromatic carbocycles. The van der Waals surface area contributed by atoms with Crippen LogP contribution in [0.2, 0.25) is 0 Å². The fraction of sp³-hybridized carbons (Fsp3) is 0. The Balaban J connectivity index is 2.28. The molecule has 0 bridgehead atoms. The molecule has 0 saturated heterocycles. The Morgan fingerprint density at radius 1 is 0.842 bits per heavy atom. The second kappa shape index (κ2) is 5.09. The van der Waals surface area contributed by atoms with Crippen LogP contribution in [-0.2, 0) is 0 Å². The predicted molar refractivity (Wildman–Crippen MR) is 60.7 cm³/mol. The highest BCUT2D eigenvalue weighted by atomic mass is 19.1. The number of rotatable bonds is 2. The SMILES string of the molecule is O=C(Nc1ccc(F)cc1F)c1cc(F)ccc1F. The third-order valence-corrected chi connectivity index (χ3v) is 2.35. The molecular formula is C13H7F4NO. The van der Waals surface area contributed by atoms with Crippen molar-refractivity contribution in [1.82, 2.24) is 0 Å². The second-order valence-electron chi connectivity index (χ2n) is 3.70. The number of carbonyl (C=O) groups is 1. The molecule has 0 aromatic heterocycles. The quantitative estimate of drug-likeness (QED) is 0.831. The first-order valence-corrected chi connectivity index (χ1v) is 5.19. The first-order chi connectivity index (χ1) is 8.97. The Kier molecular flexibility index (Phi) is 3.50. The van der Waals surface area contributed by atoms with Crippen LogP contribution in [-0.4, -0.2) is 5.91 Å². The molecule has 0 atom stereocenters. The van der Waals surface area contributed by atoms with E-state index in [0.29, 0.717) is 12.1 Å². The molecule has 0 aliphatic rings. The topological polar surface area (TPSA) is 29.1 Å². The van der Waals surface area contributed by atoms with Crippen molar-refractivity contribution in [3.8, 4) is 0 Å². The van der Waals surface area contributed by atoms with Gasteiger partial charge in [-0.05, 0) is 30.3 Å². The second-order valence-corrected chi connectivity index (χ2v) is 3.70. The van der Waals surface area contributed by atoms with Gasteiger partial charge in [0.05, 0.1) is 11.3 Å². The van der Waals surface area contributed by atoms with Gasteiger partial charge in [0.1, 0.15) is 23.3 Å². The highest BCUT2D eigenvalue weighted by Crippen LogP contribution is 2.17. The lowest BCUT2D eigenvalue weighted by molar-refractivity contribution is 0.102. The number of hydrogen-bond donors (Lipinski definition) is 1. The van der Waals surface area contributed by atoms with Crippen molar-refractivity contribution in [3.05, 3.63) is 65.2 Å². The summed E-state index contributed by atoms with van der Waals surface area (Å²) in [6.45, 7) is 0. The van der Waals surface area contributed by atoms with E-state index in [9.17, 15) is 22.4 Å². The zero-order valence-electron chi connectivity index (χ0n) is 9.38. The molecule has 0 unspecified atom stereocenters. The van der Waals surface area contributed by atoms with Crippen LogP contribution in [0.1, 0.15) is 10.4 Å². The van der Waals surface area contributed by atoms with Gasteiger partial charge < -0.3 is 5.32 Å². The Hall–Kier alpha value is -2.37. The van der Waals surface area contributed by atoms with E-state index in [1.54, 1.807) is 0 Å². The van der Waals surface area contributed by atoms with E-state index in [1.807, 2.05) is 5.32 Å². The van der Waals surface area contributed by atoms with Crippen LogP contribution in [0.5, 0.6) is 0 Å². The summed E-state index contributed by atoms with van der Waals surface area (Å²) in [5.41, 5.74) is -0.890. The van der Waals surface area contributed by atoms with Crippen molar-refractivity contribution < 1.29 is 22.4 Å². The van der Waals surface area contributed by atoms with Crippen LogP contribution >= 0.6 is 0 Å². The monoisotopic (exact) mass is 269 g/mol. The lowest BCUT2D eigenvalue weighted by Crippen LogP contribution is -2.15. The molecule has 0 spiro atoms. The summed E-state index contributed by atoms with van der Waals surface area (Å²) in [6, 6.07) is 4.81. The minimum Gasteiger partial charge on any atom is -0.319 e. The van der Waals surface area contributed by atoms with Gasteiger partial charge in [-0.25, -0.2) is 17.6 Å². The van der Waals surface area contributed by atoms with Gasteiger partial charge >= 0.3 is 0 Å². The van der Waals surface area contributed by atoms with Crippen molar-refractivity contribution in [2.24, 2.45) is 0 Å². The molecule has 0 radical (unpaired) electrons. The van der Waals surface area contributed by atoms with Crippen LogP contribution in [0.4, 0.5) is 23.2 Å². The average molecular weight is 269 g/mol. The van der Waals surface area contributed by atoms with Crippen LogP contribution in [0, 0.1) is 23.3 Å². The molecule has 0 aliphatic carbocycles. The first-order valence-electron chi connectivity index (χ1n) is 5.19. The maximum atomic E-state index is 13.3. The molecule has 98 valence electrons. The summed E-state index contributed by atoms with van der Waals surface area (Å²) in [6.07, 6.45) is 0. The molecule has 2 rings (SSSR count). The van der Waals surface area contributed by atoms with Crippen molar-refractivity contribution >= 4 is 11.6 Å². The number of nitrogens with one attached hydrogen (secondary N) is 1. The summed E-state index contributed by atoms with van der Waals surface area (Å²) in [4.78, 5) is 11.6. The number of hydrogen-bond acceptors (Lipinski definition) is 1. The molecule has 0 aliphatic heterocycles. The zero-order valence-corrected chi connectivity index (χ0v) is 9.38. The molecular weight excluding hydrogens is 262 g/mol. The van der Waals surface area contributed by atoms with Gasteiger partial charge in [-0.3, -0.25) is 4.79 Å². The fourth-order valence-electron chi connectivity index (χ4n) is 1.45. The molecule has 6 heteroatoms. The minimum atomic E-state index is -1.03. The Morgan fingerprint density at radius 2 is 1.47 bits per heavy atom. The lowest BCUT2D eigenvalue weighted by Gasteiger charge is -2.07. The van der Waals surface area contributed by atoms with Crippen molar-refractivity contribution in [2.45, 2.75) is 0 Å². The number of halogens is 4. The van der Waals surface area contributed by atoms with Crippen molar-refractivity contribution in [1.29, 1.82) is 0 Å². The van der Waals surface area contributed by atoms with E-state index in [0.717, 1.165) is 24.3 Å². The van der Waals surface area contributed by atoms with E-state index in [2.05, 4.69) is 0 Å². The molecule has 2 nitrogen and oxygen atoms in total. The van der Waals surface area contributed by atoms with Crippen LogP contribution in [0.3, 0.4) is 0 Å². The largest absolute Gasteiger partial charge is 0.319 e. The number of amides is 1. The Bertz CT molecular complexity index is 643. The molecule has 2 aromatic rings. The molecule has 0 fully saturated rings. The van der Waals surface area contributed by atoms with Gasteiger partial charge in [-0.15, -0.1) is 0 Å². The predicted octanol–water partition coefficient (Wildman–Crippen LogP) is 3.50. The summed E-state index contributed by atoms with van der Waals surface area (Å²) < 4.78 is 52.2. The summed E-state index contributed by atoms with van der Waals surface area (Å²) in [7, 11) is 0. The number of anilines is 1. The Labute approximate surface area is 105 Å². The van der Waals surface area contributed by atoms with E-state index < -0.39 is 34.7 Å². The van der Waals surface area contributed by atoms with Crippen molar-refractivity contribution in [2.75, 3.05) is 5.32 Å². The van der Waals surface area contributed by atoms with Gasteiger partial charge in [0.2, 0.25) is 0 Å². The molecule has 0 heterocycles. The number of carbonyl (C=O) groups excluding carboxylic acids is 1. The third kappa shape index (κ3) is 2.90. The van der Waals surface area contributed by atoms with E-state index >= 15 is 0 Å². The third-order valence-electron chi connectivity index (χ3n) is 2.35. The average Bonchev–Trinajstić information content (AvgIpc) is 2.35. The highest BCUT2D eigenvalue weighted by molar-refractivity contribution is 6.04. The van der Waals surface area contributed by atoms with E-state index in [4.69, 9.17) is 0 Å². The van der Waals surface area contributed by atoms with Crippen LogP contribution in [0.25, 0.3) is 0 Å². The van der Waals surface area contributed by atoms with Gasteiger partial charge in [0, 0.05) is 6.07 Å². The van der Waals surface area contributed by atoms with Gasteiger partial charge in [-0.2, -0.15) is 0 Å². The van der Waals surface area contributed by atoms with E-state index in [-0.39, 0.29) is 5.69 Å². The molecule has 1 N–H and O–H groups in total. The normalized spacial score (nSPS) is 10.3. The molecule has 1 amide bonds. The maximum Gasteiger partial charge on any atom is 0.258 e. The van der Waals surface area contributed by atoms with Gasteiger partial charge in [0.25, 0.3) is 5.91 Å². The smallest absolute Gasteiger partial charge is 0.258 e. The first kappa shape index (κ1) is 13.1. The number of benzene rings is 2. The fourth-order valence-corrected chi connectivity index (χ4v) is 1.45. The Morgan fingerprint density at radius 3 is 2.16 bits per heavy atom. The standard InChI is InChI=1S/C13H7F4NO/c14-7-1-3-10(16)9(5-7)13(19)18-12-4-2-8(15)6-11(12)17/h1-6H,(H,18,19). The lowest BCUT2D eigenvalue weighted by atomic mass is 10.2.